The van der Waals surface area contributed by atoms with E-state index in [1.807, 2.05) is 0 Å². The van der Waals surface area contributed by atoms with Gasteiger partial charge in [-0.3, -0.25) is 9.59 Å². The molecule has 0 aromatic heterocycles. The van der Waals surface area contributed by atoms with Crippen molar-refractivity contribution in [3.8, 4) is 5.75 Å². The van der Waals surface area contributed by atoms with Gasteiger partial charge in [0.05, 0.1) is 24.0 Å². The van der Waals surface area contributed by atoms with Crippen LogP contribution in [0.1, 0.15) is 11.1 Å². The van der Waals surface area contributed by atoms with E-state index in [0.29, 0.717) is 27.8 Å². The molecule has 178 valence electrons. The summed E-state index contributed by atoms with van der Waals surface area (Å²) in [5, 5.41) is 9.63. The van der Waals surface area contributed by atoms with Crippen LogP contribution in [0.25, 0.3) is 0 Å². The molecule has 12 heteroatoms. The first kappa shape index (κ1) is 24.5. The number of ether oxygens (including phenoxy) is 1. The van der Waals surface area contributed by atoms with Gasteiger partial charge in [-0.15, -0.1) is 0 Å². The monoisotopic (exact) mass is 486 g/mol. The van der Waals surface area contributed by atoms with Gasteiger partial charge in [-0.1, -0.05) is 18.2 Å². The highest BCUT2D eigenvalue weighted by Gasteiger charge is 2.41. The first-order valence-corrected chi connectivity index (χ1v) is 11.2. The lowest BCUT2D eigenvalue weighted by Gasteiger charge is -2.38. The highest BCUT2D eigenvalue weighted by atomic mass is 32.2. The standard InChI is InChI=1S/C21H21F3N2O6S/c1-32-18-5-3-2-4-14(18)12-19(27)25-10-11-26(17(13-25)20(28)29)33(30,31)16-8-6-15(7-9-16)21(22,23)24/h2-9,17H,10-13H2,1H3,(H,28,29)/t17-/m1/s1. The number of nitrogens with zero attached hydrogens (tertiary/aromatic N) is 2. The second kappa shape index (κ2) is 9.40. The van der Waals surface area contributed by atoms with E-state index in [4.69, 9.17) is 4.74 Å². The van der Waals surface area contributed by atoms with Crippen LogP contribution in [-0.2, 0) is 32.2 Å². The summed E-state index contributed by atoms with van der Waals surface area (Å²) in [6, 6.07) is 8.05. The molecule has 1 amide bonds. The summed E-state index contributed by atoms with van der Waals surface area (Å²) >= 11 is 0. The molecule has 3 rings (SSSR count). The minimum Gasteiger partial charge on any atom is -0.496 e. The van der Waals surface area contributed by atoms with E-state index in [0.717, 1.165) is 12.1 Å². The van der Waals surface area contributed by atoms with Gasteiger partial charge in [0.15, 0.2) is 0 Å². The molecule has 1 heterocycles. The van der Waals surface area contributed by atoms with Gasteiger partial charge in [0, 0.05) is 25.2 Å². The number of hydrogen-bond donors (Lipinski definition) is 1. The molecule has 0 spiro atoms. The van der Waals surface area contributed by atoms with E-state index in [1.165, 1.54) is 12.0 Å². The number of amides is 1. The Bertz CT molecular complexity index is 1140. The van der Waals surface area contributed by atoms with Crippen molar-refractivity contribution in [3.05, 3.63) is 59.7 Å². The second-order valence-electron chi connectivity index (χ2n) is 7.32. The molecular formula is C21H21F3N2O6S. The molecule has 0 saturated carbocycles. The van der Waals surface area contributed by atoms with Crippen molar-refractivity contribution < 1.29 is 41.0 Å². The number of carbonyl (C=O) groups is 2. The number of para-hydroxylation sites is 1. The van der Waals surface area contributed by atoms with Crippen LogP contribution in [-0.4, -0.2) is 67.4 Å². The van der Waals surface area contributed by atoms with E-state index < -0.39 is 51.1 Å². The fourth-order valence-electron chi connectivity index (χ4n) is 3.56. The minimum atomic E-state index is -4.64. The molecule has 0 aliphatic carbocycles. The number of methoxy groups -OCH3 is 1. The number of carboxylic acid groups (broad SMARTS) is 1. The fraction of sp³-hybridized carbons (Fsp3) is 0.333. The minimum absolute atomic E-state index is 0.0675. The smallest absolute Gasteiger partial charge is 0.416 e. The lowest BCUT2D eigenvalue weighted by atomic mass is 10.1. The van der Waals surface area contributed by atoms with Crippen LogP contribution in [0.2, 0.25) is 0 Å². The third kappa shape index (κ3) is 5.28. The summed E-state index contributed by atoms with van der Waals surface area (Å²) in [6.07, 6.45) is -4.71. The third-order valence-electron chi connectivity index (χ3n) is 5.29. The summed E-state index contributed by atoms with van der Waals surface area (Å²) < 4.78 is 70.2. The maximum absolute atomic E-state index is 13.0. The van der Waals surface area contributed by atoms with Crippen LogP contribution in [0.15, 0.2) is 53.4 Å². The number of benzene rings is 2. The maximum atomic E-state index is 13.0. The molecule has 1 saturated heterocycles. The topological polar surface area (TPSA) is 104 Å². The first-order chi connectivity index (χ1) is 15.4. The largest absolute Gasteiger partial charge is 0.496 e. The van der Waals surface area contributed by atoms with Gasteiger partial charge in [0.1, 0.15) is 11.8 Å². The summed E-state index contributed by atoms with van der Waals surface area (Å²) in [7, 11) is -2.96. The number of halogens is 3. The third-order valence-corrected chi connectivity index (χ3v) is 7.21. The number of alkyl halides is 3. The van der Waals surface area contributed by atoms with Crippen molar-refractivity contribution in [3.63, 3.8) is 0 Å². The Labute approximate surface area is 188 Å². The van der Waals surface area contributed by atoms with E-state index in [2.05, 4.69) is 0 Å². The molecule has 1 N–H and O–H groups in total. The molecule has 1 atom stereocenters. The van der Waals surface area contributed by atoms with Crippen LogP contribution in [0.4, 0.5) is 13.2 Å². The highest BCUT2D eigenvalue weighted by molar-refractivity contribution is 7.89. The van der Waals surface area contributed by atoms with Gasteiger partial charge in [-0.25, -0.2) is 8.42 Å². The molecule has 1 aliphatic rings. The number of hydrogen-bond acceptors (Lipinski definition) is 5. The zero-order valence-corrected chi connectivity index (χ0v) is 18.3. The predicted octanol–water partition coefficient (Wildman–Crippen LogP) is 2.24. The van der Waals surface area contributed by atoms with Crippen molar-refractivity contribution in [2.45, 2.75) is 23.5 Å². The number of aliphatic carboxylic acids is 1. The Balaban J connectivity index is 1.79. The highest BCUT2D eigenvalue weighted by Crippen LogP contribution is 2.31. The number of carboxylic acids is 1. The van der Waals surface area contributed by atoms with E-state index in [-0.39, 0.29) is 19.5 Å². The van der Waals surface area contributed by atoms with Gasteiger partial charge in [-0.2, -0.15) is 17.5 Å². The number of rotatable bonds is 6. The molecule has 2 aromatic carbocycles. The van der Waals surface area contributed by atoms with E-state index >= 15 is 0 Å². The quantitative estimate of drug-likeness (QED) is 0.672. The van der Waals surface area contributed by atoms with Crippen molar-refractivity contribution in [2.24, 2.45) is 0 Å². The number of carbonyl (C=O) groups excluding carboxylic acids is 1. The normalized spacial score (nSPS) is 17.6. The average Bonchev–Trinajstić information content (AvgIpc) is 2.78. The average molecular weight is 486 g/mol. The summed E-state index contributed by atoms with van der Waals surface area (Å²) in [5.41, 5.74) is -0.431. The van der Waals surface area contributed by atoms with Crippen molar-refractivity contribution in [1.82, 2.24) is 9.21 Å². The van der Waals surface area contributed by atoms with Crippen LogP contribution in [0.3, 0.4) is 0 Å². The summed E-state index contributed by atoms with van der Waals surface area (Å²) in [5.74, 6) is -1.39. The zero-order valence-electron chi connectivity index (χ0n) is 17.4. The van der Waals surface area contributed by atoms with Gasteiger partial charge >= 0.3 is 12.1 Å². The lowest BCUT2D eigenvalue weighted by Crippen LogP contribution is -2.59. The molecule has 8 nitrogen and oxygen atoms in total. The molecule has 2 aromatic rings. The Hall–Kier alpha value is -3.12. The zero-order chi connectivity index (χ0) is 24.4. The van der Waals surface area contributed by atoms with E-state index in [1.54, 1.807) is 24.3 Å². The Kier molecular flexibility index (Phi) is 6.98. The van der Waals surface area contributed by atoms with Gasteiger partial charge in [0.2, 0.25) is 15.9 Å². The van der Waals surface area contributed by atoms with Crippen LogP contribution < -0.4 is 4.74 Å². The molecule has 1 aliphatic heterocycles. The molecule has 0 bridgehead atoms. The number of piperazine rings is 1. The molecule has 0 radical (unpaired) electrons. The van der Waals surface area contributed by atoms with Gasteiger partial charge in [0.25, 0.3) is 0 Å². The fourth-order valence-corrected chi connectivity index (χ4v) is 5.12. The Morgan fingerprint density at radius 2 is 1.73 bits per heavy atom. The van der Waals surface area contributed by atoms with Crippen LogP contribution in [0, 0.1) is 0 Å². The van der Waals surface area contributed by atoms with Gasteiger partial charge < -0.3 is 14.7 Å². The van der Waals surface area contributed by atoms with E-state index in [9.17, 15) is 36.3 Å². The molecule has 0 unspecified atom stereocenters. The lowest BCUT2D eigenvalue weighted by molar-refractivity contribution is -0.145. The second-order valence-corrected chi connectivity index (χ2v) is 9.21. The van der Waals surface area contributed by atoms with Crippen molar-refractivity contribution >= 4 is 21.9 Å². The van der Waals surface area contributed by atoms with Crippen LogP contribution in [0.5, 0.6) is 5.75 Å². The maximum Gasteiger partial charge on any atom is 0.416 e. The Morgan fingerprint density at radius 3 is 2.30 bits per heavy atom. The molecule has 1 fully saturated rings. The summed E-state index contributed by atoms with van der Waals surface area (Å²) in [6.45, 7) is -0.793. The van der Waals surface area contributed by atoms with Crippen molar-refractivity contribution in [1.29, 1.82) is 0 Å². The first-order valence-electron chi connectivity index (χ1n) is 9.76. The van der Waals surface area contributed by atoms with Gasteiger partial charge in [-0.05, 0) is 30.3 Å². The predicted molar refractivity (Wildman–Crippen MR) is 110 cm³/mol. The molecule has 33 heavy (non-hydrogen) atoms. The SMILES string of the molecule is COc1ccccc1CC(=O)N1CCN(S(=O)(=O)c2ccc(C(F)(F)F)cc2)[C@@H](C(=O)O)C1. The Morgan fingerprint density at radius 1 is 1.09 bits per heavy atom. The van der Waals surface area contributed by atoms with Crippen molar-refractivity contribution in [2.75, 3.05) is 26.7 Å². The number of sulfonamides is 1. The summed E-state index contributed by atoms with van der Waals surface area (Å²) in [4.78, 5) is 25.4. The molecular weight excluding hydrogens is 465 g/mol. The van der Waals surface area contributed by atoms with Crippen LogP contribution >= 0.6 is 0 Å².